The fourth-order valence-corrected chi connectivity index (χ4v) is 3.83. The van der Waals surface area contributed by atoms with Crippen LogP contribution in [0.15, 0.2) is 42.5 Å². The van der Waals surface area contributed by atoms with Crippen molar-refractivity contribution >= 4 is 12.0 Å². The Kier molecular flexibility index (Phi) is 5.60. The summed E-state index contributed by atoms with van der Waals surface area (Å²) in [6, 6.07) is 11.5. The average Bonchev–Trinajstić information content (AvgIpc) is 3.27. The second kappa shape index (κ2) is 8.47. The Bertz CT molecular complexity index is 901. The molecule has 1 fully saturated rings. The largest absolute Gasteiger partial charge is 0.497 e. The maximum Gasteiger partial charge on any atom is 0.247 e. The predicted octanol–water partition coefficient (Wildman–Crippen LogP) is 3.85. The molecule has 0 spiro atoms. The number of carbonyl (C=O) groups excluding carboxylic acids is 1. The summed E-state index contributed by atoms with van der Waals surface area (Å²) in [5.41, 5.74) is 1.93. The van der Waals surface area contributed by atoms with Gasteiger partial charge in [-0.05, 0) is 54.3 Å². The Balaban J connectivity index is 1.52. The number of amides is 1. The number of nitrogens with zero attached hydrogens (tertiary/aromatic N) is 1. The summed E-state index contributed by atoms with van der Waals surface area (Å²) in [7, 11) is 3.21. The standard InChI is InChI=1S/C23H25NO5/c1-26-18-12-16(13-19(15-18)27-2)5-8-23(25)24-9-3-4-20(24)17-6-7-21-22(14-17)29-11-10-28-21/h5-8,12-15,20H,3-4,9-11H2,1-2H3. The number of likely N-dealkylation sites (tertiary alicyclic amines) is 1. The second-order valence-corrected chi connectivity index (χ2v) is 7.07. The molecule has 2 aromatic carbocycles. The van der Waals surface area contributed by atoms with Crippen molar-refractivity contribution in [3.05, 3.63) is 53.6 Å². The lowest BCUT2D eigenvalue weighted by molar-refractivity contribution is -0.126. The van der Waals surface area contributed by atoms with E-state index in [2.05, 4.69) is 0 Å². The highest BCUT2D eigenvalue weighted by molar-refractivity contribution is 5.92. The van der Waals surface area contributed by atoms with Crippen LogP contribution in [0.2, 0.25) is 0 Å². The molecule has 1 atom stereocenters. The first-order valence-corrected chi connectivity index (χ1v) is 9.79. The quantitative estimate of drug-likeness (QED) is 0.720. The Morgan fingerprint density at radius 2 is 1.76 bits per heavy atom. The molecule has 1 amide bonds. The van der Waals surface area contributed by atoms with Gasteiger partial charge in [0, 0.05) is 18.7 Å². The number of hydrogen-bond acceptors (Lipinski definition) is 5. The zero-order chi connectivity index (χ0) is 20.2. The van der Waals surface area contributed by atoms with Crippen molar-refractivity contribution < 1.29 is 23.7 Å². The zero-order valence-corrected chi connectivity index (χ0v) is 16.7. The molecular formula is C23H25NO5. The van der Waals surface area contributed by atoms with Crippen LogP contribution in [0.4, 0.5) is 0 Å². The summed E-state index contributed by atoms with van der Waals surface area (Å²) in [5, 5.41) is 0. The molecule has 6 nitrogen and oxygen atoms in total. The lowest BCUT2D eigenvalue weighted by Gasteiger charge is -2.26. The van der Waals surface area contributed by atoms with Crippen molar-refractivity contribution in [3.63, 3.8) is 0 Å². The summed E-state index contributed by atoms with van der Waals surface area (Å²) in [6.07, 6.45) is 5.33. The molecule has 1 unspecified atom stereocenters. The van der Waals surface area contributed by atoms with Crippen LogP contribution in [-0.4, -0.2) is 44.8 Å². The summed E-state index contributed by atoms with van der Waals surface area (Å²) < 4.78 is 21.9. The molecule has 0 saturated carbocycles. The van der Waals surface area contributed by atoms with Gasteiger partial charge in [-0.25, -0.2) is 0 Å². The number of methoxy groups -OCH3 is 2. The van der Waals surface area contributed by atoms with Crippen molar-refractivity contribution in [1.82, 2.24) is 4.90 Å². The molecule has 2 aliphatic heterocycles. The first-order chi connectivity index (χ1) is 14.2. The van der Waals surface area contributed by atoms with Gasteiger partial charge in [-0.1, -0.05) is 6.07 Å². The molecule has 2 aromatic rings. The van der Waals surface area contributed by atoms with E-state index in [9.17, 15) is 4.79 Å². The number of carbonyl (C=O) groups is 1. The third-order valence-corrected chi connectivity index (χ3v) is 5.28. The number of rotatable bonds is 5. The Morgan fingerprint density at radius 1 is 1.03 bits per heavy atom. The topological polar surface area (TPSA) is 57.2 Å². The average molecular weight is 395 g/mol. The van der Waals surface area contributed by atoms with E-state index in [0.717, 1.165) is 42.0 Å². The van der Waals surface area contributed by atoms with Crippen LogP contribution in [0.25, 0.3) is 6.08 Å². The monoisotopic (exact) mass is 395 g/mol. The van der Waals surface area contributed by atoms with Crippen LogP contribution in [0.5, 0.6) is 23.0 Å². The van der Waals surface area contributed by atoms with Gasteiger partial charge >= 0.3 is 0 Å². The first-order valence-electron chi connectivity index (χ1n) is 9.79. The summed E-state index contributed by atoms with van der Waals surface area (Å²) >= 11 is 0. The van der Waals surface area contributed by atoms with Crippen LogP contribution in [0.1, 0.15) is 30.0 Å². The molecule has 0 aromatic heterocycles. The van der Waals surface area contributed by atoms with Crippen LogP contribution < -0.4 is 18.9 Å². The van der Waals surface area contributed by atoms with Crippen molar-refractivity contribution in [2.75, 3.05) is 34.0 Å². The van der Waals surface area contributed by atoms with E-state index >= 15 is 0 Å². The van der Waals surface area contributed by atoms with Crippen LogP contribution in [0.3, 0.4) is 0 Å². The van der Waals surface area contributed by atoms with E-state index in [4.69, 9.17) is 18.9 Å². The van der Waals surface area contributed by atoms with E-state index < -0.39 is 0 Å². The first kappa shape index (κ1) is 19.2. The number of hydrogen-bond donors (Lipinski definition) is 0. The van der Waals surface area contributed by atoms with E-state index in [0.29, 0.717) is 24.7 Å². The second-order valence-electron chi connectivity index (χ2n) is 7.07. The van der Waals surface area contributed by atoms with Crippen molar-refractivity contribution in [2.24, 2.45) is 0 Å². The van der Waals surface area contributed by atoms with Gasteiger partial charge in [0.1, 0.15) is 24.7 Å². The summed E-state index contributed by atoms with van der Waals surface area (Å²) in [5.74, 6) is 2.89. The van der Waals surface area contributed by atoms with Gasteiger partial charge < -0.3 is 23.8 Å². The highest BCUT2D eigenvalue weighted by Gasteiger charge is 2.29. The highest BCUT2D eigenvalue weighted by Crippen LogP contribution is 2.38. The van der Waals surface area contributed by atoms with Crippen molar-refractivity contribution in [1.29, 1.82) is 0 Å². The molecule has 29 heavy (non-hydrogen) atoms. The smallest absolute Gasteiger partial charge is 0.247 e. The van der Waals surface area contributed by atoms with E-state index in [1.165, 1.54) is 0 Å². The van der Waals surface area contributed by atoms with E-state index in [1.54, 1.807) is 32.4 Å². The number of ether oxygens (including phenoxy) is 4. The molecule has 0 N–H and O–H groups in total. The maximum atomic E-state index is 12.9. The predicted molar refractivity (Wildman–Crippen MR) is 110 cm³/mol. The summed E-state index contributed by atoms with van der Waals surface area (Å²) in [6.45, 7) is 1.86. The molecule has 152 valence electrons. The fraction of sp³-hybridized carbons (Fsp3) is 0.348. The molecule has 6 heteroatoms. The molecule has 2 aliphatic rings. The normalized spacial score (nSPS) is 18.1. The van der Waals surface area contributed by atoms with Crippen LogP contribution >= 0.6 is 0 Å². The van der Waals surface area contributed by atoms with Gasteiger partial charge in [0.15, 0.2) is 11.5 Å². The van der Waals surface area contributed by atoms with Gasteiger partial charge in [0.2, 0.25) is 5.91 Å². The third kappa shape index (κ3) is 4.16. The minimum atomic E-state index is -0.0100. The van der Waals surface area contributed by atoms with Gasteiger partial charge in [0.25, 0.3) is 0 Å². The molecule has 0 radical (unpaired) electrons. The van der Waals surface area contributed by atoms with E-state index in [-0.39, 0.29) is 11.9 Å². The van der Waals surface area contributed by atoms with Crippen LogP contribution in [0, 0.1) is 0 Å². The molecule has 0 aliphatic carbocycles. The summed E-state index contributed by atoms with van der Waals surface area (Å²) in [4.78, 5) is 14.8. The minimum Gasteiger partial charge on any atom is -0.497 e. The molecule has 4 rings (SSSR count). The van der Waals surface area contributed by atoms with E-state index in [1.807, 2.05) is 35.2 Å². The van der Waals surface area contributed by atoms with Gasteiger partial charge in [-0.3, -0.25) is 4.79 Å². The van der Waals surface area contributed by atoms with Crippen LogP contribution in [-0.2, 0) is 4.79 Å². The minimum absolute atomic E-state index is 0.0100. The maximum absolute atomic E-state index is 12.9. The molecule has 0 bridgehead atoms. The molecular weight excluding hydrogens is 370 g/mol. The zero-order valence-electron chi connectivity index (χ0n) is 16.7. The Labute approximate surface area is 170 Å². The highest BCUT2D eigenvalue weighted by atomic mass is 16.6. The van der Waals surface area contributed by atoms with Gasteiger partial charge in [-0.15, -0.1) is 0 Å². The molecule has 1 saturated heterocycles. The van der Waals surface area contributed by atoms with Crippen molar-refractivity contribution in [3.8, 4) is 23.0 Å². The van der Waals surface area contributed by atoms with Gasteiger partial charge in [0.05, 0.1) is 20.3 Å². The lowest BCUT2D eigenvalue weighted by Crippen LogP contribution is -2.29. The number of benzene rings is 2. The third-order valence-electron chi connectivity index (χ3n) is 5.28. The Morgan fingerprint density at radius 3 is 2.48 bits per heavy atom. The van der Waals surface area contributed by atoms with Gasteiger partial charge in [-0.2, -0.15) is 0 Å². The van der Waals surface area contributed by atoms with Crippen molar-refractivity contribution in [2.45, 2.75) is 18.9 Å². The number of fused-ring (bicyclic) bond motifs is 1. The Hall–Kier alpha value is -3.15. The fourth-order valence-electron chi connectivity index (χ4n) is 3.83. The molecule has 2 heterocycles. The SMILES string of the molecule is COc1cc(C=CC(=O)N2CCCC2c2ccc3c(c2)OCCO3)cc(OC)c1. The lowest BCUT2D eigenvalue weighted by atomic mass is 10.0.